The van der Waals surface area contributed by atoms with Gasteiger partial charge in [-0.25, -0.2) is 0 Å². The van der Waals surface area contributed by atoms with E-state index in [1.807, 2.05) is 11.4 Å². The SMILES string of the molecule is CC(=O)[C@H](O)c1cccs1. The fraction of sp³-hybridized carbons (Fsp3) is 0.286. The molecule has 0 aliphatic carbocycles. The van der Waals surface area contributed by atoms with Gasteiger partial charge in [-0.1, -0.05) is 6.07 Å². The largest absolute Gasteiger partial charge is 0.380 e. The Morgan fingerprint density at radius 1 is 1.80 bits per heavy atom. The Morgan fingerprint density at radius 2 is 2.50 bits per heavy atom. The van der Waals surface area contributed by atoms with E-state index in [9.17, 15) is 4.79 Å². The molecule has 0 fully saturated rings. The van der Waals surface area contributed by atoms with Gasteiger partial charge in [0.05, 0.1) is 0 Å². The molecule has 0 aromatic carbocycles. The van der Waals surface area contributed by atoms with E-state index in [0.717, 1.165) is 0 Å². The van der Waals surface area contributed by atoms with Crippen LogP contribution in [0.25, 0.3) is 0 Å². The molecule has 1 aromatic rings. The second-order valence-electron chi connectivity index (χ2n) is 2.03. The molecule has 2 nitrogen and oxygen atoms in total. The van der Waals surface area contributed by atoms with Crippen LogP contribution in [0.1, 0.15) is 17.9 Å². The molecule has 1 atom stereocenters. The predicted molar refractivity (Wildman–Crippen MR) is 40.0 cm³/mol. The number of carbonyl (C=O) groups is 1. The molecule has 0 aliphatic heterocycles. The molecule has 0 radical (unpaired) electrons. The molecule has 0 amide bonds. The zero-order valence-electron chi connectivity index (χ0n) is 5.57. The fourth-order valence-electron chi connectivity index (χ4n) is 0.647. The van der Waals surface area contributed by atoms with Crippen LogP contribution >= 0.6 is 11.3 Å². The second kappa shape index (κ2) is 2.94. The normalized spacial score (nSPS) is 13.0. The van der Waals surface area contributed by atoms with Gasteiger partial charge in [0, 0.05) is 4.88 Å². The molecule has 0 aliphatic rings. The number of Topliss-reactive ketones (excluding diaryl/α,β-unsaturated/α-hetero) is 1. The Hall–Kier alpha value is -0.670. The highest BCUT2D eigenvalue weighted by Gasteiger charge is 2.12. The summed E-state index contributed by atoms with van der Waals surface area (Å²) in [7, 11) is 0. The number of aliphatic hydroxyl groups is 1. The Bertz CT molecular complexity index is 216. The van der Waals surface area contributed by atoms with Gasteiger partial charge < -0.3 is 5.11 Å². The first-order valence-corrected chi connectivity index (χ1v) is 3.81. The molecule has 1 heterocycles. The third-order valence-corrected chi connectivity index (χ3v) is 2.12. The maximum Gasteiger partial charge on any atom is 0.163 e. The van der Waals surface area contributed by atoms with Crippen molar-refractivity contribution in [3.63, 3.8) is 0 Å². The quantitative estimate of drug-likeness (QED) is 0.702. The van der Waals surface area contributed by atoms with Crippen LogP contribution in [0, 0.1) is 0 Å². The predicted octanol–water partition coefficient (Wildman–Crippen LogP) is 1.37. The van der Waals surface area contributed by atoms with Crippen LogP contribution in [-0.2, 0) is 4.79 Å². The van der Waals surface area contributed by atoms with Gasteiger partial charge in [0.15, 0.2) is 5.78 Å². The summed E-state index contributed by atoms with van der Waals surface area (Å²) in [5, 5.41) is 11.0. The third-order valence-electron chi connectivity index (χ3n) is 1.20. The Morgan fingerprint density at radius 3 is 2.90 bits per heavy atom. The number of carbonyl (C=O) groups excluding carboxylic acids is 1. The minimum atomic E-state index is -0.917. The van der Waals surface area contributed by atoms with E-state index in [-0.39, 0.29) is 5.78 Å². The van der Waals surface area contributed by atoms with E-state index in [1.54, 1.807) is 6.07 Å². The summed E-state index contributed by atoms with van der Waals surface area (Å²) < 4.78 is 0. The van der Waals surface area contributed by atoms with E-state index in [2.05, 4.69) is 0 Å². The molecule has 0 saturated carbocycles. The third kappa shape index (κ3) is 1.43. The molecular formula is C7H8O2S. The highest BCUT2D eigenvalue weighted by molar-refractivity contribution is 7.10. The maximum atomic E-state index is 10.6. The number of rotatable bonds is 2. The molecule has 0 saturated heterocycles. The molecule has 0 unspecified atom stereocenters. The first-order chi connectivity index (χ1) is 4.72. The first-order valence-electron chi connectivity index (χ1n) is 2.93. The fourth-order valence-corrected chi connectivity index (χ4v) is 1.41. The summed E-state index contributed by atoms with van der Waals surface area (Å²) in [6.45, 7) is 1.38. The Labute approximate surface area is 63.1 Å². The van der Waals surface area contributed by atoms with Crippen molar-refractivity contribution in [2.45, 2.75) is 13.0 Å². The van der Waals surface area contributed by atoms with E-state index in [4.69, 9.17) is 5.11 Å². The average molecular weight is 156 g/mol. The molecule has 10 heavy (non-hydrogen) atoms. The lowest BCUT2D eigenvalue weighted by atomic mass is 10.2. The highest BCUT2D eigenvalue weighted by Crippen LogP contribution is 2.18. The van der Waals surface area contributed by atoms with Gasteiger partial charge >= 0.3 is 0 Å². The van der Waals surface area contributed by atoms with Crippen molar-refractivity contribution in [3.8, 4) is 0 Å². The van der Waals surface area contributed by atoms with E-state index in [0.29, 0.717) is 4.88 Å². The van der Waals surface area contributed by atoms with Crippen molar-refractivity contribution in [1.29, 1.82) is 0 Å². The van der Waals surface area contributed by atoms with Crippen molar-refractivity contribution in [3.05, 3.63) is 22.4 Å². The molecule has 0 bridgehead atoms. The van der Waals surface area contributed by atoms with Crippen molar-refractivity contribution >= 4 is 17.1 Å². The molecule has 54 valence electrons. The summed E-state index contributed by atoms with van der Waals surface area (Å²) >= 11 is 1.39. The zero-order valence-corrected chi connectivity index (χ0v) is 6.39. The van der Waals surface area contributed by atoms with Crippen molar-refractivity contribution < 1.29 is 9.90 Å². The highest BCUT2D eigenvalue weighted by atomic mass is 32.1. The average Bonchev–Trinajstić information content (AvgIpc) is 2.36. The van der Waals surface area contributed by atoms with E-state index in [1.165, 1.54) is 18.3 Å². The summed E-state index contributed by atoms with van der Waals surface area (Å²) in [5.74, 6) is -0.206. The zero-order chi connectivity index (χ0) is 7.56. The van der Waals surface area contributed by atoms with Crippen LogP contribution in [-0.4, -0.2) is 10.9 Å². The molecular weight excluding hydrogens is 148 g/mol. The van der Waals surface area contributed by atoms with Crippen LogP contribution in [0.2, 0.25) is 0 Å². The van der Waals surface area contributed by atoms with Gasteiger partial charge in [0.2, 0.25) is 0 Å². The van der Waals surface area contributed by atoms with Crippen molar-refractivity contribution in [2.75, 3.05) is 0 Å². The van der Waals surface area contributed by atoms with Crippen molar-refractivity contribution in [1.82, 2.24) is 0 Å². The van der Waals surface area contributed by atoms with Crippen LogP contribution in [0.3, 0.4) is 0 Å². The lowest BCUT2D eigenvalue weighted by Gasteiger charge is -2.00. The topological polar surface area (TPSA) is 37.3 Å². The first kappa shape index (κ1) is 7.44. The minimum absolute atomic E-state index is 0.206. The maximum absolute atomic E-state index is 10.6. The summed E-state index contributed by atoms with van der Waals surface area (Å²) in [4.78, 5) is 11.3. The van der Waals surface area contributed by atoms with Gasteiger partial charge in [-0.05, 0) is 18.4 Å². The van der Waals surface area contributed by atoms with Crippen molar-refractivity contribution in [2.24, 2.45) is 0 Å². The smallest absolute Gasteiger partial charge is 0.163 e. The van der Waals surface area contributed by atoms with Crippen LogP contribution in [0.15, 0.2) is 17.5 Å². The van der Waals surface area contributed by atoms with Gasteiger partial charge in [-0.15, -0.1) is 11.3 Å². The van der Waals surface area contributed by atoms with Gasteiger partial charge in [0.25, 0.3) is 0 Å². The minimum Gasteiger partial charge on any atom is -0.380 e. The van der Waals surface area contributed by atoms with Crippen LogP contribution in [0.4, 0.5) is 0 Å². The standard InChI is InChI=1S/C7H8O2S/c1-5(8)7(9)6-3-2-4-10-6/h2-4,7,9H,1H3/t7-/m0/s1. The lowest BCUT2D eigenvalue weighted by Crippen LogP contribution is -2.04. The Kier molecular flexibility index (Phi) is 2.19. The Balaban J connectivity index is 2.77. The number of hydrogen-bond donors (Lipinski definition) is 1. The van der Waals surface area contributed by atoms with Gasteiger partial charge in [-0.3, -0.25) is 4.79 Å². The molecule has 1 N–H and O–H groups in total. The number of aliphatic hydroxyl groups excluding tert-OH is 1. The second-order valence-corrected chi connectivity index (χ2v) is 3.01. The monoisotopic (exact) mass is 156 g/mol. The van der Waals surface area contributed by atoms with Gasteiger partial charge in [0.1, 0.15) is 6.10 Å². The number of thiophene rings is 1. The van der Waals surface area contributed by atoms with E-state index < -0.39 is 6.10 Å². The van der Waals surface area contributed by atoms with Crippen LogP contribution in [0.5, 0.6) is 0 Å². The van der Waals surface area contributed by atoms with Crippen LogP contribution < -0.4 is 0 Å². The summed E-state index contributed by atoms with van der Waals surface area (Å²) in [5.41, 5.74) is 0. The summed E-state index contributed by atoms with van der Waals surface area (Å²) in [6, 6.07) is 3.56. The van der Waals surface area contributed by atoms with Gasteiger partial charge in [-0.2, -0.15) is 0 Å². The molecule has 1 aromatic heterocycles. The number of ketones is 1. The van der Waals surface area contributed by atoms with E-state index >= 15 is 0 Å². The summed E-state index contributed by atoms with van der Waals surface area (Å²) in [6.07, 6.45) is -0.917. The lowest BCUT2D eigenvalue weighted by molar-refractivity contribution is -0.125. The number of hydrogen-bond acceptors (Lipinski definition) is 3. The molecule has 1 rings (SSSR count). The molecule has 3 heteroatoms. The molecule has 0 spiro atoms.